The Morgan fingerprint density at radius 3 is 2.71 bits per heavy atom. The Hall–Kier alpha value is -2.64. The molecule has 0 bridgehead atoms. The van der Waals surface area contributed by atoms with Gasteiger partial charge in [0.25, 0.3) is 0 Å². The Balaban J connectivity index is 2.17. The second kappa shape index (κ2) is 7.29. The van der Waals surface area contributed by atoms with E-state index in [4.69, 9.17) is 4.74 Å². The molecule has 24 heavy (non-hydrogen) atoms. The third kappa shape index (κ3) is 3.81. The zero-order chi connectivity index (χ0) is 17.9. The number of alkyl carbamates (subject to hydrolysis) is 1. The van der Waals surface area contributed by atoms with Crippen molar-refractivity contribution in [3.8, 4) is 0 Å². The number of hydrogen-bond donors (Lipinski definition) is 2. The highest BCUT2D eigenvalue weighted by atomic mass is 16.5. The lowest BCUT2D eigenvalue weighted by molar-refractivity contribution is -0.119. The number of rotatable bonds is 5. The van der Waals surface area contributed by atoms with E-state index in [1.165, 1.54) is 0 Å². The number of ether oxygens (including phenoxy) is 1. The molecule has 0 aliphatic carbocycles. The summed E-state index contributed by atoms with van der Waals surface area (Å²) in [4.78, 5) is 28.4. The van der Waals surface area contributed by atoms with Crippen LogP contribution in [0.15, 0.2) is 12.3 Å². The SMILES string of the molecule is CCOC(=O)N[C@H](C(=O)Nc1cnc2c(c1)c(C)nn2C)C(C)C. The molecule has 0 fully saturated rings. The van der Waals surface area contributed by atoms with Gasteiger partial charge in [-0.05, 0) is 25.8 Å². The van der Waals surface area contributed by atoms with Crippen molar-refractivity contribution in [3.63, 3.8) is 0 Å². The number of hydrogen-bond acceptors (Lipinski definition) is 5. The summed E-state index contributed by atoms with van der Waals surface area (Å²) in [6, 6.07) is 1.12. The molecule has 0 aliphatic heterocycles. The topological polar surface area (TPSA) is 98.1 Å². The van der Waals surface area contributed by atoms with Crippen molar-refractivity contribution >= 4 is 28.7 Å². The Bertz CT molecular complexity index is 753. The van der Waals surface area contributed by atoms with Gasteiger partial charge in [0.15, 0.2) is 5.65 Å². The van der Waals surface area contributed by atoms with Crippen LogP contribution >= 0.6 is 0 Å². The minimum atomic E-state index is -0.699. The molecule has 2 heterocycles. The Kier molecular flexibility index (Phi) is 5.38. The third-order valence-electron chi connectivity index (χ3n) is 3.63. The quantitative estimate of drug-likeness (QED) is 0.872. The maximum absolute atomic E-state index is 12.5. The summed E-state index contributed by atoms with van der Waals surface area (Å²) in [6.07, 6.45) is 0.964. The molecule has 2 aromatic rings. The largest absolute Gasteiger partial charge is 0.450 e. The van der Waals surface area contributed by atoms with Crippen molar-refractivity contribution in [2.75, 3.05) is 11.9 Å². The number of carbonyl (C=O) groups excluding carboxylic acids is 2. The summed E-state index contributed by atoms with van der Waals surface area (Å²) in [6.45, 7) is 7.54. The van der Waals surface area contributed by atoms with Crippen LogP contribution in [0.5, 0.6) is 0 Å². The van der Waals surface area contributed by atoms with Gasteiger partial charge in [-0.2, -0.15) is 5.10 Å². The van der Waals surface area contributed by atoms with Crippen molar-refractivity contribution in [1.82, 2.24) is 20.1 Å². The fourth-order valence-corrected chi connectivity index (χ4v) is 2.43. The number of amides is 2. The van der Waals surface area contributed by atoms with Gasteiger partial charge in [0.05, 0.1) is 24.2 Å². The van der Waals surface area contributed by atoms with Gasteiger partial charge in [0, 0.05) is 12.4 Å². The second-order valence-corrected chi connectivity index (χ2v) is 5.88. The van der Waals surface area contributed by atoms with Crippen molar-refractivity contribution in [2.45, 2.75) is 33.7 Å². The molecule has 1 atom stereocenters. The summed E-state index contributed by atoms with van der Waals surface area (Å²) in [5.74, 6) is -0.410. The van der Waals surface area contributed by atoms with Gasteiger partial charge in [0.2, 0.25) is 5.91 Å². The number of fused-ring (bicyclic) bond motifs is 1. The van der Waals surface area contributed by atoms with Gasteiger partial charge in [-0.3, -0.25) is 9.48 Å². The third-order valence-corrected chi connectivity index (χ3v) is 3.63. The number of anilines is 1. The Morgan fingerprint density at radius 2 is 2.08 bits per heavy atom. The average Bonchev–Trinajstić information content (AvgIpc) is 2.79. The molecule has 2 aromatic heterocycles. The van der Waals surface area contributed by atoms with E-state index in [1.54, 1.807) is 17.8 Å². The molecule has 0 saturated heterocycles. The first-order valence-electron chi connectivity index (χ1n) is 7.87. The number of nitrogens with one attached hydrogen (secondary N) is 2. The number of aromatic nitrogens is 3. The lowest BCUT2D eigenvalue weighted by Gasteiger charge is -2.21. The Morgan fingerprint density at radius 1 is 1.38 bits per heavy atom. The number of pyridine rings is 1. The average molecular weight is 333 g/mol. The van der Waals surface area contributed by atoms with Crippen LogP contribution in [-0.2, 0) is 16.6 Å². The van der Waals surface area contributed by atoms with Gasteiger partial charge >= 0.3 is 6.09 Å². The normalized spacial score (nSPS) is 12.2. The van der Waals surface area contributed by atoms with Crippen molar-refractivity contribution < 1.29 is 14.3 Å². The van der Waals surface area contributed by atoms with Gasteiger partial charge < -0.3 is 15.4 Å². The summed E-state index contributed by atoms with van der Waals surface area (Å²) >= 11 is 0. The molecule has 0 radical (unpaired) electrons. The molecule has 2 rings (SSSR count). The van der Waals surface area contributed by atoms with E-state index in [0.717, 1.165) is 16.7 Å². The summed E-state index contributed by atoms with van der Waals surface area (Å²) in [5.41, 5.74) is 2.14. The van der Waals surface area contributed by atoms with Gasteiger partial charge in [-0.25, -0.2) is 9.78 Å². The maximum atomic E-state index is 12.5. The van der Waals surface area contributed by atoms with Crippen molar-refractivity contribution in [1.29, 1.82) is 0 Å². The fourth-order valence-electron chi connectivity index (χ4n) is 2.43. The van der Waals surface area contributed by atoms with Gasteiger partial charge in [0.1, 0.15) is 6.04 Å². The van der Waals surface area contributed by atoms with E-state index in [2.05, 4.69) is 20.7 Å². The summed E-state index contributed by atoms with van der Waals surface area (Å²) in [7, 11) is 1.82. The predicted molar refractivity (Wildman–Crippen MR) is 90.7 cm³/mol. The lowest BCUT2D eigenvalue weighted by Crippen LogP contribution is -2.47. The van der Waals surface area contributed by atoms with E-state index in [1.807, 2.05) is 33.9 Å². The molecular weight excluding hydrogens is 310 g/mol. The van der Waals surface area contributed by atoms with E-state index >= 15 is 0 Å². The molecule has 0 unspecified atom stereocenters. The summed E-state index contributed by atoms with van der Waals surface area (Å²) in [5, 5.41) is 10.5. The van der Waals surface area contributed by atoms with Crippen LogP contribution in [0.25, 0.3) is 11.0 Å². The van der Waals surface area contributed by atoms with Crippen LogP contribution in [0.1, 0.15) is 26.5 Å². The minimum Gasteiger partial charge on any atom is -0.450 e. The predicted octanol–water partition coefficient (Wildman–Crippen LogP) is 1.99. The van der Waals surface area contributed by atoms with Gasteiger partial charge in [-0.1, -0.05) is 13.8 Å². The number of nitrogens with zero attached hydrogens (tertiary/aromatic N) is 3. The molecule has 0 saturated carbocycles. The molecular formula is C16H23N5O3. The zero-order valence-electron chi connectivity index (χ0n) is 14.6. The summed E-state index contributed by atoms with van der Waals surface area (Å²) < 4.78 is 6.54. The molecule has 2 N–H and O–H groups in total. The highest BCUT2D eigenvalue weighted by Crippen LogP contribution is 2.19. The fraction of sp³-hybridized carbons (Fsp3) is 0.500. The lowest BCUT2D eigenvalue weighted by atomic mass is 10.0. The van der Waals surface area contributed by atoms with Crippen LogP contribution < -0.4 is 10.6 Å². The van der Waals surface area contributed by atoms with E-state index in [9.17, 15) is 9.59 Å². The molecule has 2 amide bonds. The van der Waals surface area contributed by atoms with Crippen LogP contribution in [0.4, 0.5) is 10.5 Å². The number of aryl methyl sites for hydroxylation is 2. The van der Waals surface area contributed by atoms with Crippen LogP contribution in [0, 0.1) is 12.8 Å². The van der Waals surface area contributed by atoms with E-state index in [-0.39, 0.29) is 18.4 Å². The minimum absolute atomic E-state index is 0.0915. The number of carbonyl (C=O) groups is 2. The first-order chi connectivity index (χ1) is 11.3. The first kappa shape index (κ1) is 17.7. The monoisotopic (exact) mass is 333 g/mol. The molecule has 8 nitrogen and oxygen atoms in total. The van der Waals surface area contributed by atoms with Crippen molar-refractivity contribution in [3.05, 3.63) is 18.0 Å². The Labute approximate surface area is 140 Å². The molecule has 0 spiro atoms. The van der Waals surface area contributed by atoms with Crippen LogP contribution in [-0.4, -0.2) is 39.4 Å². The standard InChI is InChI=1S/C16H23N5O3/c1-6-24-16(23)19-13(9(2)3)15(22)18-11-7-12-10(4)20-21(5)14(12)17-8-11/h7-9,13H,6H2,1-5H3,(H,18,22)(H,19,23)/t13-/m0/s1. The molecule has 0 aromatic carbocycles. The highest BCUT2D eigenvalue weighted by molar-refractivity contribution is 5.98. The smallest absolute Gasteiger partial charge is 0.407 e. The molecule has 0 aliphatic rings. The van der Waals surface area contributed by atoms with Gasteiger partial charge in [-0.15, -0.1) is 0 Å². The van der Waals surface area contributed by atoms with E-state index < -0.39 is 12.1 Å². The highest BCUT2D eigenvalue weighted by Gasteiger charge is 2.25. The molecule has 8 heteroatoms. The zero-order valence-corrected chi connectivity index (χ0v) is 14.6. The van der Waals surface area contributed by atoms with E-state index in [0.29, 0.717) is 5.69 Å². The van der Waals surface area contributed by atoms with Crippen LogP contribution in [0.2, 0.25) is 0 Å². The maximum Gasteiger partial charge on any atom is 0.407 e. The second-order valence-electron chi connectivity index (χ2n) is 5.88. The van der Waals surface area contributed by atoms with Crippen molar-refractivity contribution in [2.24, 2.45) is 13.0 Å². The molecule has 130 valence electrons. The first-order valence-corrected chi connectivity index (χ1v) is 7.87. The van der Waals surface area contributed by atoms with Crippen LogP contribution in [0.3, 0.4) is 0 Å².